The SMILES string of the molecule is CC(C)c1nc(CN(CC(F)(F)F)C2CCC2)no1. The number of halogens is 3. The lowest BCUT2D eigenvalue weighted by atomic mass is 9.91. The first-order valence-electron chi connectivity index (χ1n) is 6.48. The van der Waals surface area contributed by atoms with E-state index in [-0.39, 0.29) is 18.5 Å². The van der Waals surface area contributed by atoms with Gasteiger partial charge in [0.25, 0.3) is 0 Å². The van der Waals surface area contributed by atoms with Crippen LogP contribution in [0.1, 0.15) is 50.7 Å². The molecule has 1 heterocycles. The third-order valence-corrected chi connectivity index (χ3v) is 3.30. The Balaban J connectivity index is 2.02. The van der Waals surface area contributed by atoms with Gasteiger partial charge < -0.3 is 4.52 Å². The van der Waals surface area contributed by atoms with Crippen molar-refractivity contribution < 1.29 is 17.7 Å². The average Bonchev–Trinajstić information content (AvgIpc) is 2.60. The van der Waals surface area contributed by atoms with Crippen LogP contribution in [0.15, 0.2) is 4.52 Å². The number of nitrogens with zero attached hydrogens (tertiary/aromatic N) is 3. The molecule has 2 rings (SSSR count). The van der Waals surface area contributed by atoms with Crippen molar-refractivity contribution in [3.8, 4) is 0 Å². The Kier molecular flexibility index (Phi) is 4.13. The molecule has 1 aromatic heterocycles. The molecule has 0 unspecified atom stereocenters. The second-order valence-electron chi connectivity index (χ2n) is 5.31. The molecule has 1 aliphatic carbocycles. The maximum absolute atomic E-state index is 12.6. The van der Waals surface area contributed by atoms with Gasteiger partial charge in [0.1, 0.15) is 0 Å². The summed E-state index contributed by atoms with van der Waals surface area (Å²) in [5.41, 5.74) is 0. The number of hydrogen-bond acceptors (Lipinski definition) is 4. The van der Waals surface area contributed by atoms with Crippen LogP contribution < -0.4 is 0 Å². The molecule has 1 saturated carbocycles. The Morgan fingerprint density at radius 3 is 2.47 bits per heavy atom. The van der Waals surface area contributed by atoms with E-state index in [1.807, 2.05) is 13.8 Å². The molecule has 1 fully saturated rings. The van der Waals surface area contributed by atoms with Gasteiger partial charge in [0.2, 0.25) is 5.89 Å². The fraction of sp³-hybridized carbons (Fsp3) is 0.833. The predicted molar refractivity (Wildman–Crippen MR) is 62.5 cm³/mol. The van der Waals surface area contributed by atoms with Gasteiger partial charge in [0, 0.05) is 12.0 Å². The minimum absolute atomic E-state index is 0.0115. The summed E-state index contributed by atoms with van der Waals surface area (Å²) in [6.45, 7) is 2.98. The van der Waals surface area contributed by atoms with Crippen LogP contribution >= 0.6 is 0 Å². The summed E-state index contributed by atoms with van der Waals surface area (Å²) in [6.07, 6.45) is -1.58. The highest BCUT2D eigenvalue weighted by atomic mass is 19.4. The summed E-state index contributed by atoms with van der Waals surface area (Å²) in [4.78, 5) is 5.53. The Labute approximate surface area is 110 Å². The van der Waals surface area contributed by atoms with Gasteiger partial charge >= 0.3 is 6.18 Å². The molecule has 0 amide bonds. The van der Waals surface area contributed by atoms with Crippen molar-refractivity contribution in [2.24, 2.45) is 0 Å². The lowest BCUT2D eigenvalue weighted by molar-refractivity contribution is -0.156. The lowest BCUT2D eigenvalue weighted by Gasteiger charge is -2.37. The monoisotopic (exact) mass is 277 g/mol. The van der Waals surface area contributed by atoms with Crippen molar-refractivity contribution in [2.75, 3.05) is 6.54 Å². The van der Waals surface area contributed by atoms with E-state index in [9.17, 15) is 13.2 Å². The second kappa shape index (κ2) is 5.48. The van der Waals surface area contributed by atoms with Gasteiger partial charge in [-0.25, -0.2) is 0 Å². The van der Waals surface area contributed by atoms with Crippen LogP contribution in [0.25, 0.3) is 0 Å². The van der Waals surface area contributed by atoms with Crippen LogP contribution in [0.2, 0.25) is 0 Å². The van der Waals surface area contributed by atoms with Gasteiger partial charge in [-0.1, -0.05) is 25.4 Å². The summed E-state index contributed by atoms with van der Waals surface area (Å²) < 4.78 is 42.7. The Hall–Kier alpha value is -1.11. The quantitative estimate of drug-likeness (QED) is 0.829. The topological polar surface area (TPSA) is 42.2 Å². The van der Waals surface area contributed by atoms with E-state index in [1.165, 1.54) is 4.90 Å². The zero-order chi connectivity index (χ0) is 14.0. The third-order valence-electron chi connectivity index (χ3n) is 3.30. The zero-order valence-corrected chi connectivity index (χ0v) is 11.1. The van der Waals surface area contributed by atoms with E-state index in [0.717, 1.165) is 19.3 Å². The maximum atomic E-state index is 12.6. The minimum atomic E-state index is -4.19. The Morgan fingerprint density at radius 1 is 1.37 bits per heavy atom. The van der Waals surface area contributed by atoms with E-state index in [4.69, 9.17) is 4.52 Å². The Morgan fingerprint density at radius 2 is 2.05 bits per heavy atom. The molecule has 0 N–H and O–H groups in total. The highest BCUT2D eigenvalue weighted by molar-refractivity contribution is 4.93. The van der Waals surface area contributed by atoms with Crippen molar-refractivity contribution in [2.45, 2.75) is 57.8 Å². The van der Waals surface area contributed by atoms with E-state index in [0.29, 0.717) is 11.7 Å². The van der Waals surface area contributed by atoms with Crippen LogP contribution in [0.5, 0.6) is 0 Å². The molecule has 0 bridgehead atoms. The molecular weight excluding hydrogens is 259 g/mol. The summed E-state index contributed by atoms with van der Waals surface area (Å²) in [7, 11) is 0. The third kappa shape index (κ3) is 3.92. The molecule has 0 saturated heterocycles. The van der Waals surface area contributed by atoms with Crippen molar-refractivity contribution in [1.82, 2.24) is 15.0 Å². The Bertz CT molecular complexity index is 413. The van der Waals surface area contributed by atoms with Crippen molar-refractivity contribution in [3.05, 3.63) is 11.7 Å². The van der Waals surface area contributed by atoms with Gasteiger partial charge in [-0.3, -0.25) is 4.90 Å². The normalized spacial score (nSPS) is 17.2. The van der Waals surface area contributed by atoms with E-state index in [1.54, 1.807) is 0 Å². The van der Waals surface area contributed by atoms with Gasteiger partial charge in [-0.15, -0.1) is 0 Å². The summed E-state index contributed by atoms with van der Waals surface area (Å²) in [6, 6.07) is -0.0115. The molecule has 1 aromatic rings. The first-order valence-corrected chi connectivity index (χ1v) is 6.48. The highest BCUT2D eigenvalue weighted by Gasteiger charge is 2.36. The van der Waals surface area contributed by atoms with Crippen molar-refractivity contribution in [1.29, 1.82) is 0 Å². The molecule has 108 valence electrons. The minimum Gasteiger partial charge on any atom is -0.339 e. The molecule has 0 atom stereocenters. The number of aromatic nitrogens is 2. The summed E-state index contributed by atoms with van der Waals surface area (Å²) >= 11 is 0. The predicted octanol–water partition coefficient (Wildman–Crippen LogP) is 3.11. The molecule has 0 radical (unpaired) electrons. The first-order chi connectivity index (χ1) is 8.85. The summed E-state index contributed by atoms with van der Waals surface area (Å²) in [5.74, 6) is 0.886. The molecule has 7 heteroatoms. The zero-order valence-electron chi connectivity index (χ0n) is 11.1. The molecular formula is C12H18F3N3O. The molecule has 0 aromatic carbocycles. The van der Waals surface area contributed by atoms with Crippen LogP contribution in [-0.4, -0.2) is 33.8 Å². The number of alkyl halides is 3. The van der Waals surface area contributed by atoms with E-state index >= 15 is 0 Å². The largest absolute Gasteiger partial charge is 0.401 e. The van der Waals surface area contributed by atoms with Crippen molar-refractivity contribution in [3.63, 3.8) is 0 Å². The first kappa shape index (κ1) is 14.3. The highest BCUT2D eigenvalue weighted by Crippen LogP contribution is 2.29. The summed E-state index contributed by atoms with van der Waals surface area (Å²) in [5, 5.41) is 3.75. The van der Waals surface area contributed by atoms with Gasteiger partial charge in [-0.2, -0.15) is 18.2 Å². The van der Waals surface area contributed by atoms with E-state index < -0.39 is 12.7 Å². The number of rotatable bonds is 5. The molecule has 0 spiro atoms. The van der Waals surface area contributed by atoms with Gasteiger partial charge in [-0.05, 0) is 12.8 Å². The molecule has 1 aliphatic rings. The average molecular weight is 277 g/mol. The van der Waals surface area contributed by atoms with Crippen LogP contribution in [0.4, 0.5) is 13.2 Å². The fourth-order valence-electron chi connectivity index (χ4n) is 2.04. The number of hydrogen-bond donors (Lipinski definition) is 0. The fourth-order valence-corrected chi connectivity index (χ4v) is 2.04. The standard InChI is InChI=1S/C12H18F3N3O/c1-8(2)11-16-10(17-19-11)6-18(7-12(13,14)15)9-4-3-5-9/h8-9H,3-7H2,1-2H3. The molecule has 0 aliphatic heterocycles. The maximum Gasteiger partial charge on any atom is 0.401 e. The molecule has 4 nitrogen and oxygen atoms in total. The van der Waals surface area contributed by atoms with Gasteiger partial charge in [0.15, 0.2) is 5.82 Å². The van der Waals surface area contributed by atoms with Crippen LogP contribution in [-0.2, 0) is 6.54 Å². The molecule has 19 heavy (non-hydrogen) atoms. The van der Waals surface area contributed by atoms with Gasteiger partial charge in [0.05, 0.1) is 13.1 Å². The smallest absolute Gasteiger partial charge is 0.339 e. The van der Waals surface area contributed by atoms with Crippen LogP contribution in [0, 0.1) is 0 Å². The lowest BCUT2D eigenvalue weighted by Crippen LogP contribution is -2.44. The van der Waals surface area contributed by atoms with E-state index in [2.05, 4.69) is 10.1 Å². The van der Waals surface area contributed by atoms with Crippen LogP contribution in [0.3, 0.4) is 0 Å². The van der Waals surface area contributed by atoms with Crippen molar-refractivity contribution >= 4 is 0 Å². The second-order valence-corrected chi connectivity index (χ2v) is 5.31.